The molecule has 3 aromatic rings. The van der Waals surface area contributed by atoms with Crippen LogP contribution in [0.2, 0.25) is 0 Å². The monoisotopic (exact) mass is 410 g/mol. The molecule has 8 heteroatoms. The van der Waals surface area contributed by atoms with E-state index >= 15 is 0 Å². The SMILES string of the molecule is COC(=O)c1ccc(CNC(=O)CCn2c(-c3ccc(C)cc3)n[nH]c2=S)cc1. The number of amides is 1. The summed E-state index contributed by atoms with van der Waals surface area (Å²) in [6, 6.07) is 14.9. The third kappa shape index (κ3) is 5.17. The molecule has 1 amide bonds. The van der Waals surface area contributed by atoms with Crippen LogP contribution in [-0.4, -0.2) is 33.8 Å². The summed E-state index contributed by atoms with van der Waals surface area (Å²) in [6.07, 6.45) is 0.271. The zero-order valence-corrected chi connectivity index (χ0v) is 17.1. The summed E-state index contributed by atoms with van der Waals surface area (Å²) in [6.45, 7) is 2.82. The second kappa shape index (κ2) is 9.29. The van der Waals surface area contributed by atoms with Crippen molar-refractivity contribution >= 4 is 24.1 Å². The summed E-state index contributed by atoms with van der Waals surface area (Å²) < 4.78 is 6.97. The molecule has 0 unspecified atom stereocenters. The minimum Gasteiger partial charge on any atom is -0.465 e. The van der Waals surface area contributed by atoms with Gasteiger partial charge in [-0.1, -0.05) is 42.0 Å². The first-order valence-electron chi connectivity index (χ1n) is 9.14. The number of carbonyl (C=O) groups excluding carboxylic acids is 2. The van der Waals surface area contributed by atoms with E-state index in [0.717, 1.165) is 16.7 Å². The maximum atomic E-state index is 12.3. The van der Waals surface area contributed by atoms with Crippen molar-refractivity contribution in [3.8, 4) is 11.4 Å². The Balaban J connectivity index is 1.57. The Labute approximate surface area is 173 Å². The number of H-pyrrole nitrogens is 1. The number of aryl methyl sites for hydroxylation is 1. The molecule has 0 atom stereocenters. The predicted octanol–water partition coefficient (Wildman–Crippen LogP) is 3.41. The Morgan fingerprint density at radius 2 is 1.83 bits per heavy atom. The summed E-state index contributed by atoms with van der Waals surface area (Å²) in [4.78, 5) is 23.7. The van der Waals surface area contributed by atoms with Gasteiger partial charge in [-0.3, -0.25) is 14.5 Å². The molecule has 0 saturated carbocycles. The van der Waals surface area contributed by atoms with Gasteiger partial charge in [0, 0.05) is 25.1 Å². The molecule has 150 valence electrons. The summed E-state index contributed by atoms with van der Waals surface area (Å²) in [5.41, 5.74) is 3.47. The highest BCUT2D eigenvalue weighted by atomic mass is 32.1. The number of aromatic nitrogens is 3. The fraction of sp³-hybridized carbons (Fsp3) is 0.238. The maximum Gasteiger partial charge on any atom is 0.337 e. The Hall–Kier alpha value is -3.26. The molecule has 2 aromatic carbocycles. The molecule has 0 saturated heterocycles. The van der Waals surface area contributed by atoms with Gasteiger partial charge in [-0.25, -0.2) is 4.79 Å². The van der Waals surface area contributed by atoms with Crippen LogP contribution in [0.15, 0.2) is 48.5 Å². The van der Waals surface area contributed by atoms with Gasteiger partial charge in [-0.05, 0) is 36.8 Å². The zero-order valence-electron chi connectivity index (χ0n) is 16.3. The number of esters is 1. The van der Waals surface area contributed by atoms with E-state index in [1.165, 1.54) is 7.11 Å². The van der Waals surface area contributed by atoms with Gasteiger partial charge in [0.2, 0.25) is 5.91 Å². The number of nitrogens with one attached hydrogen (secondary N) is 2. The molecule has 0 aliphatic rings. The highest BCUT2D eigenvalue weighted by molar-refractivity contribution is 7.71. The molecule has 3 rings (SSSR count). The number of benzene rings is 2. The van der Waals surface area contributed by atoms with Crippen LogP contribution >= 0.6 is 12.2 Å². The highest BCUT2D eigenvalue weighted by Gasteiger charge is 2.11. The average Bonchev–Trinajstić information content (AvgIpc) is 3.11. The summed E-state index contributed by atoms with van der Waals surface area (Å²) in [5.74, 6) is 0.225. The van der Waals surface area contributed by atoms with Gasteiger partial charge in [0.25, 0.3) is 0 Å². The Morgan fingerprint density at radius 1 is 1.14 bits per heavy atom. The largest absolute Gasteiger partial charge is 0.465 e. The molecule has 29 heavy (non-hydrogen) atoms. The van der Waals surface area contributed by atoms with Crippen molar-refractivity contribution < 1.29 is 14.3 Å². The van der Waals surface area contributed by atoms with E-state index in [1.54, 1.807) is 24.3 Å². The lowest BCUT2D eigenvalue weighted by Crippen LogP contribution is -2.24. The van der Waals surface area contributed by atoms with Gasteiger partial charge >= 0.3 is 5.97 Å². The first kappa shape index (κ1) is 20.5. The van der Waals surface area contributed by atoms with E-state index in [9.17, 15) is 9.59 Å². The Morgan fingerprint density at radius 3 is 2.48 bits per heavy atom. The van der Waals surface area contributed by atoms with E-state index < -0.39 is 0 Å². The van der Waals surface area contributed by atoms with E-state index in [-0.39, 0.29) is 18.3 Å². The second-order valence-corrected chi connectivity index (χ2v) is 6.97. The number of ether oxygens (including phenoxy) is 1. The number of carbonyl (C=O) groups is 2. The van der Waals surface area contributed by atoms with Crippen LogP contribution in [0.3, 0.4) is 0 Å². The van der Waals surface area contributed by atoms with Crippen molar-refractivity contribution in [3.63, 3.8) is 0 Å². The molecule has 0 spiro atoms. The van der Waals surface area contributed by atoms with Crippen LogP contribution in [0.25, 0.3) is 11.4 Å². The zero-order chi connectivity index (χ0) is 20.8. The molecule has 0 radical (unpaired) electrons. The van der Waals surface area contributed by atoms with E-state index in [2.05, 4.69) is 20.3 Å². The molecular weight excluding hydrogens is 388 g/mol. The lowest BCUT2D eigenvalue weighted by molar-refractivity contribution is -0.121. The quantitative estimate of drug-likeness (QED) is 0.460. The number of aromatic amines is 1. The summed E-state index contributed by atoms with van der Waals surface area (Å²) >= 11 is 5.31. The third-order valence-electron chi connectivity index (χ3n) is 4.50. The minimum atomic E-state index is -0.387. The van der Waals surface area contributed by atoms with Crippen LogP contribution in [0, 0.1) is 11.7 Å². The Bertz CT molecular complexity index is 1050. The first-order valence-corrected chi connectivity index (χ1v) is 9.55. The van der Waals surface area contributed by atoms with Crippen molar-refractivity contribution in [3.05, 3.63) is 70.0 Å². The Kier molecular flexibility index (Phi) is 6.56. The standard InChI is InChI=1S/C21H22N4O3S/c1-14-3-7-16(8-4-14)19-23-24-21(29)25(19)12-11-18(26)22-13-15-5-9-17(10-6-15)20(27)28-2/h3-10H,11-13H2,1-2H3,(H,22,26)(H,24,29). The van der Waals surface area contributed by atoms with E-state index in [0.29, 0.717) is 29.2 Å². The van der Waals surface area contributed by atoms with Crippen molar-refractivity contribution in [2.75, 3.05) is 7.11 Å². The van der Waals surface area contributed by atoms with Crippen molar-refractivity contribution in [1.82, 2.24) is 20.1 Å². The normalized spacial score (nSPS) is 10.6. The average molecular weight is 410 g/mol. The van der Waals surface area contributed by atoms with Crippen LogP contribution in [-0.2, 0) is 22.6 Å². The van der Waals surface area contributed by atoms with Crippen molar-refractivity contribution in [1.29, 1.82) is 0 Å². The molecule has 1 aromatic heterocycles. The molecule has 0 bridgehead atoms. The second-order valence-electron chi connectivity index (χ2n) is 6.59. The van der Waals surface area contributed by atoms with Gasteiger partial charge in [-0.15, -0.1) is 0 Å². The summed E-state index contributed by atoms with van der Waals surface area (Å²) in [7, 11) is 1.34. The van der Waals surface area contributed by atoms with Crippen molar-refractivity contribution in [2.45, 2.75) is 26.4 Å². The van der Waals surface area contributed by atoms with Gasteiger partial charge in [0.1, 0.15) is 0 Å². The molecular formula is C21H22N4O3S. The van der Waals surface area contributed by atoms with Gasteiger partial charge in [0.15, 0.2) is 10.6 Å². The molecule has 2 N–H and O–H groups in total. The number of rotatable bonds is 7. The molecule has 7 nitrogen and oxygen atoms in total. The van der Waals surface area contributed by atoms with Crippen LogP contribution in [0.5, 0.6) is 0 Å². The van der Waals surface area contributed by atoms with Gasteiger partial charge < -0.3 is 10.1 Å². The van der Waals surface area contributed by atoms with Crippen LogP contribution < -0.4 is 5.32 Å². The van der Waals surface area contributed by atoms with Gasteiger partial charge in [0.05, 0.1) is 12.7 Å². The number of hydrogen-bond acceptors (Lipinski definition) is 5. The van der Waals surface area contributed by atoms with Gasteiger partial charge in [-0.2, -0.15) is 5.10 Å². The fourth-order valence-electron chi connectivity index (χ4n) is 2.83. The van der Waals surface area contributed by atoms with Crippen LogP contribution in [0.1, 0.15) is 27.9 Å². The first-order chi connectivity index (χ1) is 14.0. The summed E-state index contributed by atoms with van der Waals surface area (Å²) in [5, 5.41) is 9.97. The van der Waals surface area contributed by atoms with Crippen molar-refractivity contribution in [2.24, 2.45) is 0 Å². The number of methoxy groups -OCH3 is 1. The maximum absolute atomic E-state index is 12.3. The lowest BCUT2D eigenvalue weighted by Gasteiger charge is -2.09. The minimum absolute atomic E-state index is 0.0972. The molecule has 0 aliphatic heterocycles. The number of nitrogens with zero attached hydrogens (tertiary/aromatic N) is 2. The fourth-order valence-corrected chi connectivity index (χ4v) is 3.05. The molecule has 1 heterocycles. The highest BCUT2D eigenvalue weighted by Crippen LogP contribution is 2.18. The third-order valence-corrected chi connectivity index (χ3v) is 4.81. The van der Waals surface area contributed by atoms with Crippen LogP contribution in [0.4, 0.5) is 0 Å². The molecule has 0 fully saturated rings. The van der Waals surface area contributed by atoms with E-state index in [1.807, 2.05) is 35.8 Å². The smallest absolute Gasteiger partial charge is 0.337 e. The lowest BCUT2D eigenvalue weighted by atomic mass is 10.1. The topological polar surface area (TPSA) is 89.0 Å². The predicted molar refractivity (Wildman–Crippen MR) is 112 cm³/mol. The molecule has 0 aliphatic carbocycles. The van der Waals surface area contributed by atoms with E-state index in [4.69, 9.17) is 12.2 Å². The number of hydrogen-bond donors (Lipinski definition) is 2.